The van der Waals surface area contributed by atoms with Crippen molar-refractivity contribution in [2.75, 3.05) is 5.32 Å². The van der Waals surface area contributed by atoms with Crippen LogP contribution in [0.4, 0.5) is 5.69 Å². The van der Waals surface area contributed by atoms with Gasteiger partial charge in [-0.25, -0.2) is 9.67 Å². The average Bonchev–Trinajstić information content (AvgIpc) is 3.19. The second kappa shape index (κ2) is 8.30. The lowest BCUT2D eigenvalue weighted by Crippen LogP contribution is -2.16. The highest BCUT2D eigenvalue weighted by molar-refractivity contribution is 6.42. The number of aryl methyl sites for hydroxylation is 2. The highest BCUT2D eigenvalue weighted by Gasteiger charge is 2.20. The number of carbonyl (C=O) groups excluding carboxylic acids is 1. The van der Waals surface area contributed by atoms with Gasteiger partial charge in [-0.3, -0.25) is 4.79 Å². The molecule has 0 saturated carbocycles. The van der Waals surface area contributed by atoms with E-state index in [9.17, 15) is 4.79 Å². The molecule has 1 heterocycles. The summed E-state index contributed by atoms with van der Waals surface area (Å²) in [5.41, 5.74) is 4.17. The van der Waals surface area contributed by atoms with E-state index in [1.165, 1.54) is 0 Å². The number of nitrogens with zero attached hydrogens (tertiary/aromatic N) is 3. The van der Waals surface area contributed by atoms with Gasteiger partial charge in [0, 0.05) is 11.3 Å². The summed E-state index contributed by atoms with van der Waals surface area (Å²) in [6.07, 6.45) is 0. The van der Waals surface area contributed by atoms with E-state index in [1.807, 2.05) is 62.4 Å². The van der Waals surface area contributed by atoms with Crippen molar-refractivity contribution in [3.63, 3.8) is 0 Å². The molecule has 0 aliphatic heterocycles. The molecule has 1 amide bonds. The van der Waals surface area contributed by atoms with Gasteiger partial charge in [0.25, 0.3) is 5.91 Å². The third kappa shape index (κ3) is 3.95. The second-order valence-electron chi connectivity index (χ2n) is 6.86. The van der Waals surface area contributed by atoms with Gasteiger partial charge in [0.15, 0.2) is 5.82 Å². The van der Waals surface area contributed by atoms with Gasteiger partial charge >= 0.3 is 0 Å². The molecule has 1 N–H and O–H groups in total. The lowest BCUT2D eigenvalue weighted by atomic mass is 10.1. The van der Waals surface area contributed by atoms with Crippen LogP contribution in [0.3, 0.4) is 0 Å². The highest BCUT2D eigenvalue weighted by Crippen LogP contribution is 2.27. The Labute approximate surface area is 184 Å². The van der Waals surface area contributed by atoms with Crippen molar-refractivity contribution in [1.82, 2.24) is 14.8 Å². The molecule has 0 aliphatic rings. The SMILES string of the molecule is Cc1cccc(C)c1NC(=O)c1nc(-c2ccccc2)n(-c2ccc(Cl)c(Cl)c2)n1. The summed E-state index contributed by atoms with van der Waals surface area (Å²) in [7, 11) is 0. The van der Waals surface area contributed by atoms with E-state index in [-0.39, 0.29) is 11.7 Å². The van der Waals surface area contributed by atoms with Gasteiger partial charge < -0.3 is 5.32 Å². The van der Waals surface area contributed by atoms with Gasteiger partial charge in [0.05, 0.1) is 15.7 Å². The van der Waals surface area contributed by atoms with E-state index in [2.05, 4.69) is 15.4 Å². The number of aromatic nitrogens is 3. The lowest BCUT2D eigenvalue weighted by Gasteiger charge is -2.09. The monoisotopic (exact) mass is 436 g/mol. The summed E-state index contributed by atoms with van der Waals surface area (Å²) in [4.78, 5) is 17.5. The first-order chi connectivity index (χ1) is 14.4. The van der Waals surface area contributed by atoms with E-state index in [1.54, 1.807) is 22.9 Å². The van der Waals surface area contributed by atoms with E-state index in [4.69, 9.17) is 23.2 Å². The molecule has 7 heteroatoms. The van der Waals surface area contributed by atoms with Gasteiger partial charge in [0.1, 0.15) is 0 Å². The molecular formula is C23H18Cl2N4O. The maximum absolute atomic E-state index is 13.0. The van der Waals surface area contributed by atoms with Crippen molar-refractivity contribution >= 4 is 34.8 Å². The second-order valence-corrected chi connectivity index (χ2v) is 7.67. The van der Waals surface area contributed by atoms with Gasteiger partial charge in [-0.15, -0.1) is 5.10 Å². The minimum Gasteiger partial charge on any atom is -0.319 e. The Bertz CT molecular complexity index is 1220. The van der Waals surface area contributed by atoms with Crippen molar-refractivity contribution < 1.29 is 4.79 Å². The molecule has 0 saturated heterocycles. The molecule has 0 aliphatic carbocycles. The van der Waals surface area contributed by atoms with Crippen LogP contribution in [0.1, 0.15) is 21.7 Å². The predicted molar refractivity (Wildman–Crippen MR) is 121 cm³/mol. The normalized spacial score (nSPS) is 10.8. The van der Waals surface area contributed by atoms with Crippen molar-refractivity contribution in [1.29, 1.82) is 0 Å². The van der Waals surface area contributed by atoms with E-state index in [0.717, 1.165) is 22.4 Å². The molecule has 0 spiro atoms. The summed E-state index contributed by atoms with van der Waals surface area (Å²) in [5.74, 6) is 0.201. The molecule has 4 rings (SSSR count). The van der Waals surface area contributed by atoms with Gasteiger partial charge in [-0.1, -0.05) is 71.7 Å². The third-order valence-electron chi connectivity index (χ3n) is 4.71. The smallest absolute Gasteiger partial charge is 0.295 e. The number of benzene rings is 3. The third-order valence-corrected chi connectivity index (χ3v) is 5.45. The first kappa shape index (κ1) is 20.1. The number of nitrogens with one attached hydrogen (secondary N) is 1. The summed E-state index contributed by atoms with van der Waals surface area (Å²) < 4.78 is 1.59. The van der Waals surface area contributed by atoms with Crippen LogP contribution in [-0.4, -0.2) is 20.7 Å². The fraction of sp³-hybridized carbons (Fsp3) is 0.0870. The molecule has 4 aromatic rings. The average molecular weight is 437 g/mol. The number of anilines is 1. The summed E-state index contributed by atoms with van der Waals surface area (Å²) in [5, 5.41) is 8.24. The van der Waals surface area contributed by atoms with Crippen LogP contribution >= 0.6 is 23.2 Å². The first-order valence-corrected chi connectivity index (χ1v) is 10.0. The Hall–Kier alpha value is -3.15. The molecule has 3 aromatic carbocycles. The minimum absolute atomic E-state index is 0.0579. The standard InChI is InChI=1S/C23H18Cl2N4O/c1-14-7-6-8-15(2)20(14)26-23(30)21-27-22(16-9-4-3-5-10-16)29(28-21)17-11-12-18(24)19(25)13-17/h3-13H,1-2H3,(H,26,30). The zero-order valence-corrected chi connectivity index (χ0v) is 17.9. The summed E-state index contributed by atoms with van der Waals surface area (Å²) in [6, 6.07) is 20.5. The number of hydrogen-bond donors (Lipinski definition) is 1. The number of rotatable bonds is 4. The maximum Gasteiger partial charge on any atom is 0.295 e. The zero-order chi connectivity index (χ0) is 21.3. The number of halogens is 2. The Morgan fingerprint density at radius 2 is 1.60 bits per heavy atom. The van der Waals surface area contributed by atoms with E-state index >= 15 is 0 Å². The Kier molecular flexibility index (Phi) is 5.57. The molecule has 0 radical (unpaired) electrons. The molecule has 0 bridgehead atoms. The van der Waals surface area contributed by atoms with Crippen LogP contribution in [0, 0.1) is 13.8 Å². The molecular weight excluding hydrogens is 419 g/mol. The fourth-order valence-corrected chi connectivity index (χ4v) is 3.45. The minimum atomic E-state index is -0.386. The van der Waals surface area contributed by atoms with Crippen LogP contribution in [-0.2, 0) is 0 Å². The maximum atomic E-state index is 13.0. The quantitative estimate of drug-likeness (QED) is 0.419. The number of para-hydroxylation sites is 1. The topological polar surface area (TPSA) is 59.8 Å². The number of hydrogen-bond acceptors (Lipinski definition) is 3. The Morgan fingerprint density at radius 3 is 2.27 bits per heavy atom. The van der Waals surface area contributed by atoms with Crippen molar-refractivity contribution in [2.45, 2.75) is 13.8 Å². The predicted octanol–water partition coefficient (Wildman–Crippen LogP) is 6.11. The van der Waals surface area contributed by atoms with Crippen molar-refractivity contribution in [2.24, 2.45) is 0 Å². The Balaban J connectivity index is 1.79. The van der Waals surface area contributed by atoms with Crippen LogP contribution in [0.5, 0.6) is 0 Å². The molecule has 30 heavy (non-hydrogen) atoms. The van der Waals surface area contributed by atoms with Gasteiger partial charge in [-0.05, 0) is 43.2 Å². The van der Waals surface area contributed by atoms with E-state index in [0.29, 0.717) is 21.6 Å². The molecule has 5 nitrogen and oxygen atoms in total. The number of carbonyl (C=O) groups is 1. The van der Waals surface area contributed by atoms with Crippen LogP contribution in [0.15, 0.2) is 66.7 Å². The summed E-state index contributed by atoms with van der Waals surface area (Å²) >= 11 is 12.3. The van der Waals surface area contributed by atoms with Crippen LogP contribution in [0.2, 0.25) is 10.0 Å². The van der Waals surface area contributed by atoms with E-state index < -0.39 is 0 Å². The van der Waals surface area contributed by atoms with Crippen molar-refractivity contribution in [3.05, 3.63) is 93.7 Å². The fourth-order valence-electron chi connectivity index (χ4n) is 3.16. The Morgan fingerprint density at radius 1 is 0.900 bits per heavy atom. The highest BCUT2D eigenvalue weighted by atomic mass is 35.5. The molecule has 0 fully saturated rings. The van der Waals surface area contributed by atoms with Gasteiger partial charge in [-0.2, -0.15) is 0 Å². The zero-order valence-electron chi connectivity index (χ0n) is 16.4. The summed E-state index contributed by atoms with van der Waals surface area (Å²) in [6.45, 7) is 3.89. The van der Waals surface area contributed by atoms with Crippen LogP contribution in [0.25, 0.3) is 17.1 Å². The number of amides is 1. The van der Waals surface area contributed by atoms with Crippen LogP contribution < -0.4 is 5.32 Å². The molecule has 150 valence electrons. The largest absolute Gasteiger partial charge is 0.319 e. The lowest BCUT2D eigenvalue weighted by molar-refractivity contribution is 0.101. The molecule has 0 atom stereocenters. The first-order valence-electron chi connectivity index (χ1n) is 9.29. The van der Waals surface area contributed by atoms with Crippen molar-refractivity contribution in [3.8, 4) is 17.1 Å². The molecule has 1 aromatic heterocycles. The van der Waals surface area contributed by atoms with Gasteiger partial charge in [0.2, 0.25) is 5.82 Å². The molecule has 0 unspecified atom stereocenters.